The Balaban J connectivity index is 2.32. The summed E-state index contributed by atoms with van der Waals surface area (Å²) in [5.74, 6) is -0.465. The number of hydrogen-bond donors (Lipinski definition) is 2. The van der Waals surface area contributed by atoms with E-state index in [4.69, 9.17) is 18.0 Å². The van der Waals surface area contributed by atoms with E-state index in [1.54, 1.807) is 12.5 Å². The smallest absolute Gasteiger partial charge is 0.229 e. The number of thiocarbonyl (C=S) groups is 1. The molecule has 1 unspecified atom stereocenters. The molecule has 0 bridgehead atoms. The second-order valence-electron chi connectivity index (χ2n) is 3.45. The average molecular weight is 240 g/mol. The predicted molar refractivity (Wildman–Crippen MR) is 65.8 cm³/mol. The summed E-state index contributed by atoms with van der Waals surface area (Å²) in [6.45, 7) is 3.13. The van der Waals surface area contributed by atoms with Gasteiger partial charge in [0.2, 0.25) is 5.91 Å². The van der Waals surface area contributed by atoms with Crippen LogP contribution in [0.5, 0.6) is 0 Å². The van der Waals surface area contributed by atoms with Crippen LogP contribution < -0.4 is 11.1 Å². The van der Waals surface area contributed by atoms with Crippen molar-refractivity contribution in [3.05, 3.63) is 18.7 Å². The van der Waals surface area contributed by atoms with E-state index < -0.39 is 0 Å². The number of amides is 1. The Kier molecular flexibility index (Phi) is 4.91. The fourth-order valence-corrected chi connectivity index (χ4v) is 1.64. The van der Waals surface area contributed by atoms with Crippen molar-refractivity contribution in [3.8, 4) is 0 Å². The van der Waals surface area contributed by atoms with Crippen molar-refractivity contribution in [2.75, 3.05) is 6.54 Å². The van der Waals surface area contributed by atoms with E-state index in [9.17, 15) is 4.79 Å². The Hall–Kier alpha value is -1.43. The van der Waals surface area contributed by atoms with Gasteiger partial charge in [0.25, 0.3) is 0 Å². The summed E-state index contributed by atoms with van der Waals surface area (Å²) in [5.41, 5.74) is 5.47. The van der Waals surface area contributed by atoms with Crippen LogP contribution in [0.15, 0.2) is 18.7 Å². The maximum Gasteiger partial charge on any atom is 0.229 e. The van der Waals surface area contributed by atoms with Crippen LogP contribution in [0.4, 0.5) is 0 Å². The fourth-order valence-electron chi connectivity index (χ4n) is 1.37. The van der Waals surface area contributed by atoms with Crippen LogP contribution in [0.2, 0.25) is 0 Å². The van der Waals surface area contributed by atoms with Crippen molar-refractivity contribution >= 4 is 23.1 Å². The molecule has 5 nitrogen and oxygen atoms in total. The van der Waals surface area contributed by atoms with E-state index in [-0.39, 0.29) is 16.8 Å². The molecule has 0 saturated heterocycles. The van der Waals surface area contributed by atoms with Crippen LogP contribution in [0.1, 0.15) is 13.3 Å². The van der Waals surface area contributed by atoms with Gasteiger partial charge in [0, 0.05) is 25.5 Å². The maximum absolute atomic E-state index is 11.6. The molecule has 1 amide bonds. The Morgan fingerprint density at radius 1 is 1.69 bits per heavy atom. The normalized spacial score (nSPS) is 12.1. The van der Waals surface area contributed by atoms with Crippen molar-refractivity contribution in [2.45, 2.75) is 19.9 Å². The average Bonchev–Trinajstić information content (AvgIpc) is 2.71. The number of nitrogens with one attached hydrogen (secondary N) is 1. The number of rotatable bonds is 6. The van der Waals surface area contributed by atoms with E-state index >= 15 is 0 Å². The van der Waals surface area contributed by atoms with E-state index in [0.29, 0.717) is 19.5 Å². The van der Waals surface area contributed by atoms with E-state index in [1.165, 1.54) is 0 Å². The second-order valence-corrected chi connectivity index (χ2v) is 3.93. The third-order valence-electron chi connectivity index (χ3n) is 2.30. The lowest BCUT2D eigenvalue weighted by molar-refractivity contribution is -0.123. The standard InChI is InChI=1S/C10H16N4OS/c1-2-8(9(11)16)10(15)13-4-6-14-5-3-12-7-14/h3,5,7-8H,2,4,6H2,1H3,(H2,11,16)(H,13,15). The zero-order valence-electron chi connectivity index (χ0n) is 9.22. The van der Waals surface area contributed by atoms with Crippen LogP contribution in [0.3, 0.4) is 0 Å². The molecule has 0 saturated carbocycles. The molecule has 3 N–H and O–H groups in total. The molecule has 0 fully saturated rings. The first-order chi connectivity index (χ1) is 7.65. The molecular weight excluding hydrogens is 224 g/mol. The highest BCUT2D eigenvalue weighted by atomic mass is 32.1. The summed E-state index contributed by atoms with van der Waals surface area (Å²) < 4.78 is 1.89. The lowest BCUT2D eigenvalue weighted by atomic mass is 10.1. The van der Waals surface area contributed by atoms with Crippen molar-refractivity contribution in [1.29, 1.82) is 0 Å². The van der Waals surface area contributed by atoms with Gasteiger partial charge in [-0.05, 0) is 6.42 Å². The molecule has 1 aromatic heterocycles. The maximum atomic E-state index is 11.6. The molecule has 1 atom stereocenters. The number of carbonyl (C=O) groups is 1. The fraction of sp³-hybridized carbons (Fsp3) is 0.500. The first-order valence-electron chi connectivity index (χ1n) is 5.18. The van der Waals surface area contributed by atoms with Gasteiger partial charge in [-0.2, -0.15) is 0 Å². The van der Waals surface area contributed by atoms with Gasteiger partial charge < -0.3 is 15.6 Å². The SMILES string of the molecule is CCC(C(=O)NCCn1ccnc1)C(N)=S. The molecule has 6 heteroatoms. The minimum Gasteiger partial charge on any atom is -0.393 e. The Morgan fingerprint density at radius 3 is 2.94 bits per heavy atom. The van der Waals surface area contributed by atoms with Crippen LogP contribution in [0, 0.1) is 5.92 Å². The first kappa shape index (κ1) is 12.6. The molecule has 0 spiro atoms. The molecule has 88 valence electrons. The number of nitrogens with zero attached hydrogens (tertiary/aromatic N) is 2. The summed E-state index contributed by atoms with van der Waals surface area (Å²) in [5, 5.41) is 2.80. The van der Waals surface area contributed by atoms with Gasteiger partial charge in [0.1, 0.15) is 0 Å². The van der Waals surface area contributed by atoms with Crippen LogP contribution >= 0.6 is 12.2 Å². The summed E-state index contributed by atoms with van der Waals surface area (Å²) in [4.78, 5) is 15.8. The highest BCUT2D eigenvalue weighted by Gasteiger charge is 2.18. The number of imidazole rings is 1. The van der Waals surface area contributed by atoms with Crippen molar-refractivity contribution in [3.63, 3.8) is 0 Å². The molecule has 0 radical (unpaired) electrons. The molecule has 1 aromatic rings. The number of aromatic nitrogens is 2. The molecule has 0 aromatic carbocycles. The summed E-state index contributed by atoms with van der Waals surface area (Å²) in [7, 11) is 0. The van der Waals surface area contributed by atoms with E-state index in [0.717, 1.165) is 0 Å². The van der Waals surface area contributed by atoms with Crippen molar-refractivity contribution in [1.82, 2.24) is 14.9 Å². The number of nitrogens with two attached hydrogens (primary N) is 1. The van der Waals surface area contributed by atoms with Gasteiger partial charge in [-0.1, -0.05) is 19.1 Å². The van der Waals surface area contributed by atoms with Gasteiger partial charge in [-0.3, -0.25) is 4.79 Å². The lowest BCUT2D eigenvalue weighted by Gasteiger charge is -2.13. The molecule has 1 rings (SSSR count). The van der Waals surface area contributed by atoms with Crippen LogP contribution in [-0.4, -0.2) is 27.0 Å². The largest absolute Gasteiger partial charge is 0.393 e. The quantitative estimate of drug-likeness (QED) is 0.702. The third-order valence-corrected chi connectivity index (χ3v) is 2.58. The monoisotopic (exact) mass is 240 g/mol. The minimum absolute atomic E-state index is 0.102. The molecule has 0 aliphatic heterocycles. The van der Waals surface area contributed by atoms with Crippen LogP contribution in [-0.2, 0) is 11.3 Å². The predicted octanol–water partition coefficient (Wildman–Crippen LogP) is 0.312. The van der Waals surface area contributed by atoms with Crippen LogP contribution in [0.25, 0.3) is 0 Å². The molecular formula is C10H16N4OS. The Bertz CT molecular complexity index is 350. The molecule has 16 heavy (non-hydrogen) atoms. The minimum atomic E-state index is -0.363. The summed E-state index contributed by atoms with van der Waals surface area (Å²) >= 11 is 4.82. The zero-order chi connectivity index (χ0) is 12.0. The summed E-state index contributed by atoms with van der Waals surface area (Å²) in [6, 6.07) is 0. The van der Waals surface area contributed by atoms with Gasteiger partial charge in [-0.25, -0.2) is 4.98 Å². The molecule has 1 heterocycles. The number of carbonyl (C=O) groups excluding carboxylic acids is 1. The Morgan fingerprint density at radius 2 is 2.44 bits per heavy atom. The zero-order valence-corrected chi connectivity index (χ0v) is 10.0. The second kappa shape index (κ2) is 6.22. The van der Waals surface area contributed by atoms with Crippen molar-refractivity contribution < 1.29 is 4.79 Å². The van der Waals surface area contributed by atoms with Gasteiger partial charge in [0.05, 0.1) is 17.2 Å². The first-order valence-corrected chi connectivity index (χ1v) is 5.58. The van der Waals surface area contributed by atoms with Gasteiger partial charge >= 0.3 is 0 Å². The van der Waals surface area contributed by atoms with Crippen molar-refractivity contribution in [2.24, 2.45) is 11.7 Å². The van der Waals surface area contributed by atoms with E-state index in [1.807, 2.05) is 17.7 Å². The van der Waals surface area contributed by atoms with Gasteiger partial charge in [0.15, 0.2) is 0 Å². The third kappa shape index (κ3) is 3.62. The van der Waals surface area contributed by atoms with Gasteiger partial charge in [-0.15, -0.1) is 0 Å². The van der Waals surface area contributed by atoms with E-state index in [2.05, 4.69) is 10.3 Å². The highest BCUT2D eigenvalue weighted by Crippen LogP contribution is 2.02. The number of hydrogen-bond acceptors (Lipinski definition) is 3. The topological polar surface area (TPSA) is 72.9 Å². The lowest BCUT2D eigenvalue weighted by Crippen LogP contribution is -2.38. The molecule has 0 aliphatic rings. The Labute approximate surface area is 100 Å². The molecule has 0 aliphatic carbocycles. The highest BCUT2D eigenvalue weighted by molar-refractivity contribution is 7.80. The summed E-state index contributed by atoms with van der Waals surface area (Å²) in [6.07, 6.45) is 5.88.